The molecule has 0 spiro atoms. The van der Waals surface area contributed by atoms with E-state index in [9.17, 15) is 4.79 Å². The Morgan fingerprint density at radius 1 is 1.38 bits per heavy atom. The molecule has 3 rings (SSSR count). The number of nitrogens with zero attached hydrogens (tertiary/aromatic N) is 5. The fraction of sp³-hybridized carbons (Fsp3) is 0.529. The fourth-order valence-corrected chi connectivity index (χ4v) is 3.08. The summed E-state index contributed by atoms with van der Waals surface area (Å²) < 4.78 is 1.75. The number of piperidine rings is 1. The van der Waals surface area contributed by atoms with Crippen LogP contribution in [0.1, 0.15) is 25.7 Å². The van der Waals surface area contributed by atoms with Crippen LogP contribution in [0.25, 0.3) is 0 Å². The summed E-state index contributed by atoms with van der Waals surface area (Å²) in [5.74, 6) is 1.63. The number of hydrogen-bond donors (Lipinski definition) is 1. The molecule has 0 saturated carbocycles. The van der Waals surface area contributed by atoms with Gasteiger partial charge in [0.15, 0.2) is 0 Å². The van der Waals surface area contributed by atoms with Crippen LogP contribution < -0.4 is 10.2 Å². The second kappa shape index (κ2) is 8.42. The van der Waals surface area contributed by atoms with Crippen LogP contribution in [0.2, 0.25) is 0 Å². The maximum Gasteiger partial charge on any atom is 0.220 e. The lowest BCUT2D eigenvalue weighted by Crippen LogP contribution is -2.41. The van der Waals surface area contributed by atoms with Gasteiger partial charge in [0.1, 0.15) is 18.5 Å². The zero-order valence-electron chi connectivity index (χ0n) is 13.8. The molecule has 1 fully saturated rings. The lowest BCUT2D eigenvalue weighted by atomic mass is 9.98. The van der Waals surface area contributed by atoms with E-state index >= 15 is 0 Å². The average Bonchev–Trinajstić information content (AvgIpc) is 3.14. The van der Waals surface area contributed by atoms with E-state index in [1.807, 2.05) is 24.4 Å². The number of aromatic nitrogens is 4. The van der Waals surface area contributed by atoms with E-state index in [0.29, 0.717) is 12.3 Å². The number of aryl methyl sites for hydroxylation is 1. The van der Waals surface area contributed by atoms with E-state index in [2.05, 4.69) is 25.3 Å². The largest absolute Gasteiger partial charge is 0.356 e. The Balaban J connectivity index is 1.37. The molecule has 1 atom stereocenters. The van der Waals surface area contributed by atoms with Crippen molar-refractivity contribution in [1.29, 1.82) is 0 Å². The van der Waals surface area contributed by atoms with Gasteiger partial charge in [-0.3, -0.25) is 9.48 Å². The van der Waals surface area contributed by atoms with Crippen molar-refractivity contribution in [2.75, 3.05) is 24.5 Å². The molecule has 0 aliphatic carbocycles. The number of nitrogens with one attached hydrogen (secondary N) is 1. The monoisotopic (exact) mass is 328 g/mol. The van der Waals surface area contributed by atoms with Gasteiger partial charge in [-0.2, -0.15) is 5.10 Å². The van der Waals surface area contributed by atoms with E-state index in [-0.39, 0.29) is 5.91 Å². The highest BCUT2D eigenvalue weighted by molar-refractivity contribution is 5.75. The maximum absolute atomic E-state index is 12.0. The third-order valence-corrected chi connectivity index (χ3v) is 4.34. The quantitative estimate of drug-likeness (QED) is 0.833. The van der Waals surface area contributed by atoms with Gasteiger partial charge in [0.2, 0.25) is 5.91 Å². The van der Waals surface area contributed by atoms with Crippen LogP contribution in [0.3, 0.4) is 0 Å². The topological polar surface area (TPSA) is 75.9 Å². The highest BCUT2D eigenvalue weighted by atomic mass is 16.1. The standard InChI is InChI=1S/C17H24N6O/c24-17(7-4-10-23-14-18-13-21-23)20-11-15-5-3-9-22(12-15)16-6-1-2-8-19-16/h1-2,6,8,13-15H,3-5,7,9-12H2,(H,20,24)/t15-/m0/s1. The molecule has 1 amide bonds. The van der Waals surface area contributed by atoms with E-state index in [1.165, 1.54) is 6.33 Å². The van der Waals surface area contributed by atoms with Crippen molar-refractivity contribution in [2.24, 2.45) is 5.92 Å². The molecular weight excluding hydrogens is 304 g/mol. The first-order valence-electron chi connectivity index (χ1n) is 8.56. The Morgan fingerprint density at radius 2 is 2.33 bits per heavy atom. The van der Waals surface area contributed by atoms with Crippen LogP contribution in [0.4, 0.5) is 5.82 Å². The first-order chi connectivity index (χ1) is 11.8. The maximum atomic E-state index is 12.0. The predicted octanol–water partition coefficient (Wildman–Crippen LogP) is 1.49. The first-order valence-corrected chi connectivity index (χ1v) is 8.56. The number of carbonyl (C=O) groups excluding carboxylic acids is 1. The number of pyridine rings is 1. The molecule has 0 radical (unpaired) electrons. The Bertz CT molecular complexity index is 615. The first kappa shape index (κ1) is 16.4. The molecule has 2 aromatic heterocycles. The number of carbonyl (C=O) groups is 1. The molecule has 128 valence electrons. The van der Waals surface area contributed by atoms with Crippen LogP contribution in [0.5, 0.6) is 0 Å². The molecule has 3 heterocycles. The van der Waals surface area contributed by atoms with Crippen molar-refractivity contribution < 1.29 is 4.79 Å². The third-order valence-electron chi connectivity index (χ3n) is 4.34. The molecule has 1 aliphatic rings. The molecule has 0 bridgehead atoms. The van der Waals surface area contributed by atoms with Gasteiger partial charge in [0, 0.05) is 38.8 Å². The minimum Gasteiger partial charge on any atom is -0.356 e. The van der Waals surface area contributed by atoms with Crippen LogP contribution in [0, 0.1) is 5.92 Å². The Morgan fingerprint density at radius 3 is 3.12 bits per heavy atom. The van der Waals surface area contributed by atoms with E-state index in [0.717, 1.165) is 51.3 Å². The van der Waals surface area contributed by atoms with Crippen LogP contribution >= 0.6 is 0 Å². The van der Waals surface area contributed by atoms with Crippen LogP contribution in [0.15, 0.2) is 37.1 Å². The summed E-state index contributed by atoms with van der Waals surface area (Å²) in [5, 5.41) is 7.11. The van der Waals surface area contributed by atoms with Crippen LogP contribution in [-0.2, 0) is 11.3 Å². The molecule has 24 heavy (non-hydrogen) atoms. The number of anilines is 1. The van der Waals surface area contributed by atoms with Crippen LogP contribution in [-0.4, -0.2) is 45.3 Å². The summed E-state index contributed by atoms with van der Waals surface area (Å²) >= 11 is 0. The van der Waals surface area contributed by atoms with Gasteiger partial charge >= 0.3 is 0 Å². The zero-order chi connectivity index (χ0) is 16.6. The molecular formula is C17H24N6O. The number of rotatable bonds is 7. The van der Waals surface area contributed by atoms with Gasteiger partial charge in [-0.25, -0.2) is 9.97 Å². The predicted molar refractivity (Wildman–Crippen MR) is 91.4 cm³/mol. The van der Waals surface area contributed by atoms with Crippen molar-refractivity contribution in [3.8, 4) is 0 Å². The van der Waals surface area contributed by atoms with Crippen molar-refractivity contribution >= 4 is 11.7 Å². The van der Waals surface area contributed by atoms with E-state index in [4.69, 9.17) is 0 Å². The number of hydrogen-bond acceptors (Lipinski definition) is 5. The Labute approximate surface area is 142 Å². The average molecular weight is 328 g/mol. The van der Waals surface area contributed by atoms with Crippen molar-refractivity contribution in [1.82, 2.24) is 25.1 Å². The summed E-state index contributed by atoms with van der Waals surface area (Å²) in [5.41, 5.74) is 0. The SMILES string of the molecule is O=C(CCCn1cncn1)NC[C@@H]1CCCN(c2ccccn2)C1. The minimum atomic E-state index is 0.116. The smallest absolute Gasteiger partial charge is 0.220 e. The Kier molecular flexibility index (Phi) is 5.76. The summed E-state index contributed by atoms with van der Waals surface area (Å²) in [7, 11) is 0. The molecule has 0 unspecified atom stereocenters. The van der Waals surface area contributed by atoms with Gasteiger partial charge in [0.05, 0.1) is 0 Å². The highest BCUT2D eigenvalue weighted by Gasteiger charge is 2.21. The second-order valence-corrected chi connectivity index (χ2v) is 6.21. The Hall–Kier alpha value is -2.44. The summed E-state index contributed by atoms with van der Waals surface area (Å²) in [6.45, 7) is 3.46. The molecule has 1 N–H and O–H groups in total. The zero-order valence-corrected chi connectivity index (χ0v) is 13.8. The van der Waals surface area contributed by atoms with Crippen molar-refractivity contribution in [3.05, 3.63) is 37.1 Å². The molecule has 1 aliphatic heterocycles. The van der Waals surface area contributed by atoms with Gasteiger partial charge in [-0.1, -0.05) is 6.07 Å². The van der Waals surface area contributed by atoms with Gasteiger partial charge in [0.25, 0.3) is 0 Å². The summed E-state index contributed by atoms with van der Waals surface area (Å²) in [6.07, 6.45) is 8.61. The van der Waals surface area contributed by atoms with Gasteiger partial charge in [-0.15, -0.1) is 0 Å². The summed E-state index contributed by atoms with van der Waals surface area (Å²) in [4.78, 5) is 22.6. The summed E-state index contributed by atoms with van der Waals surface area (Å²) in [6, 6.07) is 6.00. The molecule has 1 saturated heterocycles. The molecule has 7 nitrogen and oxygen atoms in total. The van der Waals surface area contributed by atoms with Crippen molar-refractivity contribution in [2.45, 2.75) is 32.2 Å². The highest BCUT2D eigenvalue weighted by Crippen LogP contribution is 2.20. The van der Waals surface area contributed by atoms with E-state index in [1.54, 1.807) is 11.0 Å². The second-order valence-electron chi connectivity index (χ2n) is 6.21. The van der Waals surface area contributed by atoms with Gasteiger partial charge in [-0.05, 0) is 37.3 Å². The lowest BCUT2D eigenvalue weighted by Gasteiger charge is -2.33. The van der Waals surface area contributed by atoms with E-state index < -0.39 is 0 Å². The molecule has 0 aromatic carbocycles. The van der Waals surface area contributed by atoms with Gasteiger partial charge < -0.3 is 10.2 Å². The fourth-order valence-electron chi connectivity index (χ4n) is 3.08. The normalized spacial score (nSPS) is 17.7. The minimum absolute atomic E-state index is 0.116. The van der Waals surface area contributed by atoms with Crippen molar-refractivity contribution in [3.63, 3.8) is 0 Å². The molecule has 2 aromatic rings. The molecule has 7 heteroatoms. The third kappa shape index (κ3) is 4.78. The number of amides is 1. The lowest BCUT2D eigenvalue weighted by molar-refractivity contribution is -0.121.